The maximum atomic E-state index is 6.06. The number of hydrogen-bond acceptors (Lipinski definition) is 3. The molecule has 2 aliphatic rings. The molecular formula is C15H30N2S. The average Bonchev–Trinajstić information content (AvgIpc) is 2.93. The summed E-state index contributed by atoms with van der Waals surface area (Å²) in [6.07, 6.45) is 8.40. The van der Waals surface area contributed by atoms with E-state index in [9.17, 15) is 0 Å². The van der Waals surface area contributed by atoms with Crippen molar-refractivity contribution in [3.63, 3.8) is 0 Å². The van der Waals surface area contributed by atoms with Gasteiger partial charge < -0.3 is 5.73 Å². The molecule has 2 rings (SSSR count). The van der Waals surface area contributed by atoms with Crippen LogP contribution >= 0.6 is 11.8 Å². The Kier molecular flexibility index (Phi) is 5.84. The quantitative estimate of drug-likeness (QED) is 0.833. The van der Waals surface area contributed by atoms with Gasteiger partial charge in [-0.2, -0.15) is 11.8 Å². The van der Waals surface area contributed by atoms with Crippen molar-refractivity contribution in [1.29, 1.82) is 0 Å². The van der Waals surface area contributed by atoms with Crippen LogP contribution in [0.1, 0.15) is 45.4 Å². The molecule has 1 aliphatic carbocycles. The fourth-order valence-corrected chi connectivity index (χ4v) is 5.11. The second kappa shape index (κ2) is 7.16. The van der Waals surface area contributed by atoms with Gasteiger partial charge in [0.15, 0.2) is 0 Å². The molecule has 0 amide bonds. The van der Waals surface area contributed by atoms with E-state index in [1.165, 1.54) is 50.0 Å². The van der Waals surface area contributed by atoms with Gasteiger partial charge in [0.2, 0.25) is 0 Å². The smallest absolute Gasteiger partial charge is 0.0254 e. The molecule has 3 heteroatoms. The maximum absolute atomic E-state index is 6.06. The summed E-state index contributed by atoms with van der Waals surface area (Å²) in [6.45, 7) is 3.18. The van der Waals surface area contributed by atoms with Crippen molar-refractivity contribution in [2.75, 3.05) is 25.1 Å². The van der Waals surface area contributed by atoms with E-state index in [1.807, 2.05) is 0 Å². The van der Waals surface area contributed by atoms with Gasteiger partial charge in [-0.25, -0.2) is 0 Å². The third-order valence-corrected chi connectivity index (χ3v) is 6.43. The molecule has 2 N–H and O–H groups in total. The average molecular weight is 270 g/mol. The van der Waals surface area contributed by atoms with Crippen molar-refractivity contribution in [1.82, 2.24) is 4.90 Å². The summed E-state index contributed by atoms with van der Waals surface area (Å²) in [6, 6.07) is 1.43. The van der Waals surface area contributed by atoms with Gasteiger partial charge in [-0.15, -0.1) is 0 Å². The summed E-state index contributed by atoms with van der Waals surface area (Å²) in [5, 5.41) is 0. The minimum atomic E-state index is 0.628. The van der Waals surface area contributed by atoms with Crippen LogP contribution in [0.4, 0.5) is 0 Å². The van der Waals surface area contributed by atoms with Gasteiger partial charge in [0.1, 0.15) is 0 Å². The molecular weight excluding hydrogens is 240 g/mol. The molecule has 1 saturated heterocycles. The van der Waals surface area contributed by atoms with Crippen LogP contribution in [0.25, 0.3) is 0 Å². The highest BCUT2D eigenvalue weighted by molar-refractivity contribution is 7.99. The van der Waals surface area contributed by atoms with E-state index in [0.717, 1.165) is 24.4 Å². The summed E-state index contributed by atoms with van der Waals surface area (Å²) < 4.78 is 0. The summed E-state index contributed by atoms with van der Waals surface area (Å²) in [5.41, 5.74) is 6.06. The zero-order valence-electron chi connectivity index (χ0n) is 12.1. The number of thioether (sulfide) groups is 1. The highest BCUT2D eigenvalue weighted by atomic mass is 32.2. The minimum Gasteiger partial charge on any atom is -0.329 e. The van der Waals surface area contributed by atoms with E-state index in [-0.39, 0.29) is 0 Å². The van der Waals surface area contributed by atoms with Gasteiger partial charge in [-0.3, -0.25) is 4.90 Å². The maximum Gasteiger partial charge on any atom is 0.0254 e. The van der Waals surface area contributed by atoms with Crippen molar-refractivity contribution in [2.24, 2.45) is 17.6 Å². The van der Waals surface area contributed by atoms with E-state index in [1.54, 1.807) is 0 Å². The first kappa shape index (κ1) is 14.7. The lowest BCUT2D eigenvalue weighted by molar-refractivity contribution is 0.0956. The normalized spacial score (nSPS) is 35.0. The van der Waals surface area contributed by atoms with E-state index in [0.29, 0.717) is 6.04 Å². The summed E-state index contributed by atoms with van der Waals surface area (Å²) >= 11 is 2.11. The molecule has 0 aromatic heterocycles. The highest BCUT2D eigenvalue weighted by Crippen LogP contribution is 2.33. The van der Waals surface area contributed by atoms with Gasteiger partial charge in [0, 0.05) is 18.6 Å². The van der Waals surface area contributed by atoms with Crippen LogP contribution in [0.2, 0.25) is 0 Å². The molecule has 0 spiro atoms. The zero-order valence-corrected chi connectivity index (χ0v) is 12.9. The number of rotatable bonds is 5. The Bertz CT molecular complexity index is 233. The zero-order chi connectivity index (χ0) is 13.0. The Hall–Kier alpha value is 0.270. The summed E-state index contributed by atoms with van der Waals surface area (Å²) in [4.78, 5) is 2.64. The molecule has 2 fully saturated rings. The van der Waals surface area contributed by atoms with E-state index in [2.05, 4.69) is 30.6 Å². The van der Waals surface area contributed by atoms with Gasteiger partial charge in [-0.1, -0.05) is 13.3 Å². The monoisotopic (exact) mass is 270 g/mol. The van der Waals surface area contributed by atoms with E-state index in [4.69, 9.17) is 5.73 Å². The highest BCUT2D eigenvalue weighted by Gasteiger charge is 2.32. The standard InChI is InChI=1S/C15H30N2S/c1-3-12-4-6-14(7-5-12)17(2)15(10-16)13-8-9-18-11-13/h12-15H,3-11,16H2,1-2H3. The largest absolute Gasteiger partial charge is 0.329 e. The van der Waals surface area contributed by atoms with Crippen LogP contribution in [-0.2, 0) is 0 Å². The van der Waals surface area contributed by atoms with Gasteiger partial charge >= 0.3 is 0 Å². The minimum absolute atomic E-state index is 0.628. The van der Waals surface area contributed by atoms with Crippen molar-refractivity contribution >= 4 is 11.8 Å². The lowest BCUT2D eigenvalue weighted by Crippen LogP contribution is -2.49. The molecule has 0 aromatic rings. The SMILES string of the molecule is CCC1CCC(N(C)C(CN)C2CCSC2)CC1. The molecule has 0 bridgehead atoms. The van der Waals surface area contributed by atoms with Crippen LogP contribution in [0, 0.1) is 11.8 Å². The Balaban J connectivity index is 1.86. The van der Waals surface area contributed by atoms with Crippen molar-refractivity contribution in [3.05, 3.63) is 0 Å². The molecule has 2 unspecified atom stereocenters. The predicted octanol–water partition coefficient (Wildman–Crippen LogP) is 2.97. The Morgan fingerprint density at radius 3 is 2.44 bits per heavy atom. The number of nitrogens with zero attached hydrogens (tertiary/aromatic N) is 1. The molecule has 2 atom stereocenters. The fraction of sp³-hybridized carbons (Fsp3) is 1.00. The fourth-order valence-electron chi connectivity index (χ4n) is 3.78. The molecule has 0 aromatic carbocycles. The molecule has 0 radical (unpaired) electrons. The number of nitrogens with two attached hydrogens (primary N) is 1. The molecule has 1 aliphatic heterocycles. The first-order chi connectivity index (χ1) is 8.76. The lowest BCUT2D eigenvalue weighted by atomic mass is 9.83. The van der Waals surface area contributed by atoms with Crippen molar-refractivity contribution in [3.8, 4) is 0 Å². The Labute approximate surface area is 117 Å². The second-order valence-corrected chi connectivity index (χ2v) is 7.32. The summed E-state index contributed by atoms with van der Waals surface area (Å²) in [7, 11) is 2.33. The molecule has 18 heavy (non-hydrogen) atoms. The van der Waals surface area contributed by atoms with E-state index < -0.39 is 0 Å². The van der Waals surface area contributed by atoms with Gasteiger partial charge in [-0.05, 0) is 62.5 Å². The Morgan fingerprint density at radius 1 is 1.22 bits per heavy atom. The van der Waals surface area contributed by atoms with Crippen LogP contribution in [-0.4, -0.2) is 42.1 Å². The van der Waals surface area contributed by atoms with Crippen molar-refractivity contribution < 1.29 is 0 Å². The molecule has 1 heterocycles. The lowest BCUT2D eigenvalue weighted by Gasteiger charge is -2.40. The van der Waals surface area contributed by atoms with Crippen LogP contribution < -0.4 is 5.73 Å². The number of hydrogen-bond donors (Lipinski definition) is 1. The van der Waals surface area contributed by atoms with Crippen LogP contribution in [0.15, 0.2) is 0 Å². The van der Waals surface area contributed by atoms with Gasteiger partial charge in [0.05, 0.1) is 0 Å². The topological polar surface area (TPSA) is 29.3 Å². The Morgan fingerprint density at radius 2 is 1.94 bits per heavy atom. The van der Waals surface area contributed by atoms with E-state index >= 15 is 0 Å². The number of likely N-dealkylation sites (N-methyl/N-ethyl adjacent to an activating group) is 1. The van der Waals surface area contributed by atoms with Crippen molar-refractivity contribution in [2.45, 2.75) is 57.5 Å². The predicted molar refractivity (Wildman–Crippen MR) is 82.1 cm³/mol. The van der Waals surface area contributed by atoms with Crippen LogP contribution in [0.5, 0.6) is 0 Å². The molecule has 2 nitrogen and oxygen atoms in total. The third-order valence-electron chi connectivity index (χ3n) is 5.24. The van der Waals surface area contributed by atoms with Crippen LogP contribution in [0.3, 0.4) is 0 Å². The second-order valence-electron chi connectivity index (χ2n) is 6.17. The summed E-state index contributed by atoms with van der Waals surface area (Å²) in [5.74, 6) is 4.51. The first-order valence-corrected chi connectivity index (χ1v) is 8.91. The molecule has 1 saturated carbocycles. The first-order valence-electron chi connectivity index (χ1n) is 7.76. The van der Waals surface area contributed by atoms with Gasteiger partial charge in [0.25, 0.3) is 0 Å². The third kappa shape index (κ3) is 3.43. The molecule has 106 valence electrons.